The van der Waals surface area contributed by atoms with Crippen LogP contribution in [0.1, 0.15) is 81.8 Å². The fourth-order valence-corrected chi connectivity index (χ4v) is 5.47. The van der Waals surface area contributed by atoms with Crippen LogP contribution >= 0.6 is 0 Å². The Hall–Kier alpha value is -2.81. The molecule has 3 aromatic rings. The van der Waals surface area contributed by atoms with E-state index in [9.17, 15) is 8.78 Å². The molecule has 0 atom stereocenters. The van der Waals surface area contributed by atoms with Gasteiger partial charge in [0.25, 0.3) is 0 Å². The summed E-state index contributed by atoms with van der Waals surface area (Å²) in [7, 11) is 0. The van der Waals surface area contributed by atoms with E-state index in [4.69, 9.17) is 0 Å². The van der Waals surface area contributed by atoms with Crippen molar-refractivity contribution in [1.82, 2.24) is 0 Å². The van der Waals surface area contributed by atoms with Gasteiger partial charge in [0.1, 0.15) is 5.82 Å². The van der Waals surface area contributed by atoms with Gasteiger partial charge in [0, 0.05) is 5.56 Å². The van der Waals surface area contributed by atoms with E-state index in [1.54, 1.807) is 30.3 Å². The zero-order valence-corrected chi connectivity index (χ0v) is 21.3. The Bertz CT molecular complexity index is 1150. The van der Waals surface area contributed by atoms with Gasteiger partial charge in [0.15, 0.2) is 11.6 Å². The lowest BCUT2D eigenvalue weighted by molar-refractivity contribution is 0.369. The highest BCUT2D eigenvalue weighted by Crippen LogP contribution is 2.38. The first-order chi connectivity index (χ1) is 17.5. The second-order valence-electron chi connectivity index (χ2n) is 10.2. The zero-order chi connectivity index (χ0) is 25.5. The molecule has 1 aliphatic rings. The van der Waals surface area contributed by atoms with Crippen molar-refractivity contribution in [2.24, 2.45) is 5.92 Å². The van der Waals surface area contributed by atoms with Crippen LogP contribution in [0.2, 0.25) is 0 Å². The minimum Gasteiger partial charge on any atom is -0.207 e. The largest absolute Gasteiger partial charge is 0.207 e. The van der Waals surface area contributed by atoms with Gasteiger partial charge >= 0.3 is 0 Å². The normalized spacial score (nSPS) is 17.8. The SMILES string of the molecule is C=CC1CCC(c2ccc(-c3ccc(-c4ccc(CCCCCCC)c(F)c4F)cc3)cc2F)CC1. The predicted octanol–water partition coefficient (Wildman–Crippen LogP) is 10.4. The molecule has 0 aromatic heterocycles. The molecule has 190 valence electrons. The van der Waals surface area contributed by atoms with Crippen LogP contribution in [0.5, 0.6) is 0 Å². The fourth-order valence-electron chi connectivity index (χ4n) is 5.47. The minimum absolute atomic E-state index is 0.169. The van der Waals surface area contributed by atoms with Crippen LogP contribution in [0.25, 0.3) is 22.3 Å². The van der Waals surface area contributed by atoms with Gasteiger partial charge in [0.2, 0.25) is 0 Å². The van der Waals surface area contributed by atoms with Crippen LogP contribution in [0.15, 0.2) is 67.3 Å². The Balaban J connectivity index is 1.45. The van der Waals surface area contributed by atoms with E-state index < -0.39 is 11.6 Å². The zero-order valence-electron chi connectivity index (χ0n) is 21.3. The van der Waals surface area contributed by atoms with Crippen molar-refractivity contribution in [2.75, 3.05) is 0 Å². The first kappa shape index (κ1) is 26.3. The third-order valence-electron chi connectivity index (χ3n) is 7.79. The topological polar surface area (TPSA) is 0 Å². The standard InChI is InChI=1S/C33H37F3/c1-3-5-6-7-8-9-27-18-21-30(33(36)32(27)35)26-16-14-24(15-17-26)28-19-20-29(31(34)22-28)25-12-10-23(4-2)11-13-25/h4,14-23,25H,2-3,5-13H2,1H3. The predicted molar refractivity (Wildman–Crippen MR) is 145 cm³/mol. The lowest BCUT2D eigenvalue weighted by Crippen LogP contribution is -2.12. The van der Waals surface area contributed by atoms with E-state index in [-0.39, 0.29) is 17.3 Å². The molecule has 0 bridgehead atoms. The van der Waals surface area contributed by atoms with Crippen LogP contribution in [0.3, 0.4) is 0 Å². The van der Waals surface area contributed by atoms with E-state index in [0.717, 1.165) is 68.1 Å². The fraction of sp³-hybridized carbons (Fsp3) is 0.394. The van der Waals surface area contributed by atoms with E-state index in [1.165, 1.54) is 6.42 Å². The van der Waals surface area contributed by atoms with Crippen molar-refractivity contribution in [1.29, 1.82) is 0 Å². The number of hydrogen-bond acceptors (Lipinski definition) is 0. The Morgan fingerprint density at radius 3 is 2.08 bits per heavy atom. The summed E-state index contributed by atoms with van der Waals surface area (Å²) >= 11 is 0. The maximum Gasteiger partial charge on any atom is 0.166 e. The summed E-state index contributed by atoms with van der Waals surface area (Å²) in [5, 5.41) is 0. The van der Waals surface area contributed by atoms with Gasteiger partial charge in [-0.15, -0.1) is 6.58 Å². The molecule has 0 nitrogen and oxygen atoms in total. The van der Waals surface area contributed by atoms with Gasteiger partial charge in [0.05, 0.1) is 0 Å². The van der Waals surface area contributed by atoms with E-state index in [2.05, 4.69) is 13.5 Å². The molecule has 0 aliphatic heterocycles. The van der Waals surface area contributed by atoms with Crippen molar-refractivity contribution in [3.8, 4) is 22.3 Å². The van der Waals surface area contributed by atoms with Gasteiger partial charge in [-0.1, -0.05) is 87.2 Å². The quantitative estimate of drug-likeness (QED) is 0.196. The third kappa shape index (κ3) is 6.11. The van der Waals surface area contributed by atoms with Crippen molar-refractivity contribution in [3.05, 3.63) is 95.8 Å². The highest BCUT2D eigenvalue weighted by molar-refractivity contribution is 5.71. The van der Waals surface area contributed by atoms with Gasteiger partial charge in [-0.25, -0.2) is 13.2 Å². The average molecular weight is 491 g/mol. The average Bonchev–Trinajstić information content (AvgIpc) is 2.91. The van der Waals surface area contributed by atoms with Crippen LogP contribution in [-0.2, 0) is 6.42 Å². The van der Waals surface area contributed by atoms with Gasteiger partial charge in [-0.05, 0) is 84.2 Å². The summed E-state index contributed by atoms with van der Waals surface area (Å²) in [6.45, 7) is 6.05. The minimum atomic E-state index is -0.796. The molecule has 3 heteroatoms. The molecule has 0 radical (unpaired) electrons. The van der Waals surface area contributed by atoms with Crippen LogP contribution in [-0.4, -0.2) is 0 Å². The Morgan fingerprint density at radius 2 is 1.42 bits per heavy atom. The number of halogens is 3. The summed E-state index contributed by atoms with van der Waals surface area (Å²) in [6.07, 6.45) is 12.1. The molecule has 1 saturated carbocycles. The molecule has 0 saturated heterocycles. The van der Waals surface area contributed by atoms with Crippen molar-refractivity contribution in [3.63, 3.8) is 0 Å². The summed E-state index contributed by atoms with van der Waals surface area (Å²) in [5.74, 6) is -0.902. The Labute approximate surface area is 214 Å². The maximum atomic E-state index is 15.0. The lowest BCUT2D eigenvalue weighted by atomic mass is 9.78. The molecular weight excluding hydrogens is 453 g/mol. The summed E-state index contributed by atoms with van der Waals surface area (Å²) in [4.78, 5) is 0. The third-order valence-corrected chi connectivity index (χ3v) is 7.79. The van der Waals surface area contributed by atoms with Gasteiger partial charge in [-0.2, -0.15) is 0 Å². The summed E-state index contributed by atoms with van der Waals surface area (Å²) in [5.41, 5.74) is 3.74. The first-order valence-corrected chi connectivity index (χ1v) is 13.5. The number of rotatable bonds is 10. The number of unbranched alkanes of at least 4 members (excludes halogenated alkanes) is 4. The molecule has 1 fully saturated rings. The summed E-state index contributed by atoms with van der Waals surface area (Å²) in [6, 6.07) is 16.1. The highest BCUT2D eigenvalue weighted by Gasteiger charge is 2.23. The smallest absolute Gasteiger partial charge is 0.166 e. The second kappa shape index (κ2) is 12.4. The second-order valence-corrected chi connectivity index (χ2v) is 10.2. The molecular formula is C33H37F3. The Kier molecular flexibility index (Phi) is 9.07. The molecule has 4 rings (SSSR count). The Morgan fingerprint density at radius 1 is 0.750 bits per heavy atom. The van der Waals surface area contributed by atoms with Gasteiger partial charge in [-0.3, -0.25) is 0 Å². The molecule has 0 amide bonds. The lowest BCUT2D eigenvalue weighted by Gasteiger charge is -2.27. The van der Waals surface area contributed by atoms with E-state index in [0.29, 0.717) is 23.5 Å². The van der Waals surface area contributed by atoms with E-state index >= 15 is 4.39 Å². The van der Waals surface area contributed by atoms with E-state index in [1.807, 2.05) is 30.3 Å². The van der Waals surface area contributed by atoms with Crippen LogP contribution in [0, 0.1) is 23.4 Å². The molecule has 0 spiro atoms. The molecule has 0 unspecified atom stereocenters. The number of benzene rings is 3. The van der Waals surface area contributed by atoms with Gasteiger partial charge < -0.3 is 0 Å². The van der Waals surface area contributed by atoms with Crippen molar-refractivity contribution >= 4 is 0 Å². The first-order valence-electron chi connectivity index (χ1n) is 13.5. The molecule has 36 heavy (non-hydrogen) atoms. The molecule has 0 N–H and O–H groups in total. The van der Waals surface area contributed by atoms with Crippen molar-refractivity contribution in [2.45, 2.75) is 77.0 Å². The molecule has 0 heterocycles. The van der Waals surface area contributed by atoms with Crippen molar-refractivity contribution < 1.29 is 13.2 Å². The number of hydrogen-bond donors (Lipinski definition) is 0. The van der Waals surface area contributed by atoms with Crippen LogP contribution in [0.4, 0.5) is 13.2 Å². The molecule has 1 aliphatic carbocycles. The molecule has 3 aromatic carbocycles. The maximum absolute atomic E-state index is 15.0. The highest BCUT2D eigenvalue weighted by atomic mass is 19.2. The summed E-state index contributed by atoms with van der Waals surface area (Å²) < 4.78 is 44.6. The monoisotopic (exact) mass is 490 g/mol. The van der Waals surface area contributed by atoms with Crippen LogP contribution < -0.4 is 0 Å². The number of aryl methyl sites for hydroxylation is 1. The number of allylic oxidation sites excluding steroid dienone is 1.